The molecule has 0 bridgehead atoms. The Labute approximate surface area is 245 Å². The fourth-order valence-electron chi connectivity index (χ4n) is 4.55. The van der Waals surface area contributed by atoms with Crippen molar-refractivity contribution >= 4 is 11.8 Å². The number of amides is 2. The Hall–Kier alpha value is -4.66. The molecule has 4 aromatic carbocycles. The van der Waals surface area contributed by atoms with Gasteiger partial charge in [-0.25, -0.2) is 0 Å². The minimum absolute atomic E-state index is 0.249. The first-order valence-electron chi connectivity index (χ1n) is 13.9. The normalized spacial score (nSPS) is 13.7. The van der Waals surface area contributed by atoms with Crippen LogP contribution < -0.4 is 20.1 Å². The third kappa shape index (κ3) is 9.76. The van der Waals surface area contributed by atoms with Crippen molar-refractivity contribution in [2.75, 3.05) is 13.2 Å². The Morgan fingerprint density at radius 2 is 0.833 bits per heavy atom. The van der Waals surface area contributed by atoms with Crippen LogP contribution in [0.3, 0.4) is 0 Å². The monoisotopic (exact) mass is 568 g/mol. The van der Waals surface area contributed by atoms with E-state index in [1.54, 1.807) is 48.5 Å². The lowest BCUT2D eigenvalue weighted by Gasteiger charge is -2.33. The maximum Gasteiger partial charge on any atom is 0.258 e. The van der Waals surface area contributed by atoms with Crippen LogP contribution in [0.1, 0.15) is 11.1 Å². The van der Waals surface area contributed by atoms with Gasteiger partial charge in [0.2, 0.25) is 0 Å². The van der Waals surface area contributed by atoms with E-state index in [4.69, 9.17) is 9.47 Å². The molecule has 4 aromatic rings. The number of carbonyl (C=O) groups excluding carboxylic acids is 2. The second-order valence-electron chi connectivity index (χ2n) is 9.91. The quantitative estimate of drug-likeness (QED) is 0.175. The number of rotatable bonds is 15. The maximum absolute atomic E-state index is 12.9. The number of benzene rings is 4. The van der Waals surface area contributed by atoms with E-state index in [1.165, 1.54) is 0 Å². The average Bonchev–Trinajstić information content (AvgIpc) is 3.03. The van der Waals surface area contributed by atoms with E-state index in [1.807, 2.05) is 72.8 Å². The van der Waals surface area contributed by atoms with Gasteiger partial charge in [0.15, 0.2) is 13.2 Å². The number of aliphatic hydroxyl groups excluding tert-OH is 2. The third-order valence-corrected chi connectivity index (χ3v) is 6.69. The number of carbonyl (C=O) groups is 2. The summed E-state index contributed by atoms with van der Waals surface area (Å²) in [6.45, 7) is -0.530. The number of hydrogen-bond acceptors (Lipinski definition) is 6. The van der Waals surface area contributed by atoms with Crippen LogP contribution in [-0.4, -0.2) is 59.5 Å². The Morgan fingerprint density at radius 1 is 0.524 bits per heavy atom. The SMILES string of the molecule is O=C(COc1ccccc1)N[C@@H](Cc1ccccc1)[C@H](O)[C@@H](O)[C@H](Cc1ccccc1)NC(=O)COc1ccccc1. The molecule has 218 valence electrons. The van der Waals surface area contributed by atoms with Gasteiger partial charge in [-0.1, -0.05) is 97.1 Å². The molecule has 0 aliphatic heterocycles. The Balaban J connectivity index is 1.48. The number of para-hydroxylation sites is 2. The zero-order valence-corrected chi connectivity index (χ0v) is 23.2. The fraction of sp³-hybridized carbons (Fsp3) is 0.235. The van der Waals surface area contributed by atoms with Gasteiger partial charge in [-0.05, 0) is 48.2 Å². The summed E-state index contributed by atoms with van der Waals surface area (Å²) in [5, 5.41) is 28.6. The average molecular weight is 569 g/mol. The minimum atomic E-state index is -1.42. The second-order valence-corrected chi connectivity index (χ2v) is 9.91. The molecule has 0 aliphatic carbocycles. The Morgan fingerprint density at radius 3 is 1.17 bits per heavy atom. The van der Waals surface area contributed by atoms with Crippen LogP contribution in [0.4, 0.5) is 0 Å². The first-order chi connectivity index (χ1) is 20.5. The van der Waals surface area contributed by atoms with Gasteiger partial charge in [0.1, 0.15) is 23.7 Å². The Bertz CT molecular complexity index is 1250. The van der Waals surface area contributed by atoms with E-state index in [9.17, 15) is 19.8 Å². The molecule has 0 fully saturated rings. The summed E-state index contributed by atoms with van der Waals surface area (Å²) in [5.41, 5.74) is 1.72. The topological polar surface area (TPSA) is 117 Å². The summed E-state index contributed by atoms with van der Waals surface area (Å²) in [7, 11) is 0. The largest absolute Gasteiger partial charge is 0.484 e. The van der Waals surface area contributed by atoms with Gasteiger partial charge in [0.25, 0.3) is 11.8 Å². The van der Waals surface area contributed by atoms with E-state index in [0.717, 1.165) is 11.1 Å². The van der Waals surface area contributed by atoms with Gasteiger partial charge in [-0.15, -0.1) is 0 Å². The van der Waals surface area contributed by atoms with E-state index >= 15 is 0 Å². The van der Waals surface area contributed by atoms with Crippen LogP contribution in [0.25, 0.3) is 0 Å². The van der Waals surface area contributed by atoms with Crippen LogP contribution >= 0.6 is 0 Å². The molecule has 0 aliphatic rings. The second kappa shape index (κ2) is 16.0. The highest BCUT2D eigenvalue weighted by atomic mass is 16.5. The van der Waals surface area contributed by atoms with Crippen molar-refractivity contribution in [3.05, 3.63) is 132 Å². The smallest absolute Gasteiger partial charge is 0.258 e. The summed E-state index contributed by atoms with van der Waals surface area (Å²) in [6.07, 6.45) is -2.34. The molecule has 0 spiro atoms. The lowest BCUT2D eigenvalue weighted by molar-refractivity contribution is -0.128. The molecule has 0 saturated carbocycles. The molecule has 4 N–H and O–H groups in total. The molecule has 0 unspecified atom stereocenters. The van der Waals surface area contributed by atoms with Crippen LogP contribution in [0.2, 0.25) is 0 Å². The molecule has 4 atom stereocenters. The van der Waals surface area contributed by atoms with Crippen LogP contribution in [0, 0.1) is 0 Å². The van der Waals surface area contributed by atoms with Crippen LogP contribution in [0.15, 0.2) is 121 Å². The summed E-state index contributed by atoms with van der Waals surface area (Å²) >= 11 is 0. The van der Waals surface area contributed by atoms with E-state index < -0.39 is 36.1 Å². The van der Waals surface area contributed by atoms with Gasteiger partial charge < -0.3 is 30.3 Å². The highest BCUT2D eigenvalue weighted by molar-refractivity contribution is 5.78. The van der Waals surface area contributed by atoms with Gasteiger partial charge >= 0.3 is 0 Å². The van der Waals surface area contributed by atoms with Crippen LogP contribution in [0.5, 0.6) is 11.5 Å². The number of nitrogens with one attached hydrogen (secondary N) is 2. The lowest BCUT2D eigenvalue weighted by atomic mass is 9.91. The van der Waals surface area contributed by atoms with Gasteiger partial charge in [-0.2, -0.15) is 0 Å². The van der Waals surface area contributed by atoms with Crippen molar-refractivity contribution in [2.24, 2.45) is 0 Å². The molecule has 0 radical (unpaired) electrons. The number of ether oxygens (including phenoxy) is 2. The summed E-state index contributed by atoms with van der Waals surface area (Å²) in [6, 6.07) is 34.8. The molecular weight excluding hydrogens is 532 g/mol. The minimum Gasteiger partial charge on any atom is -0.484 e. The first-order valence-corrected chi connectivity index (χ1v) is 13.9. The number of aliphatic hydroxyl groups is 2. The van der Waals surface area contributed by atoms with Crippen molar-refractivity contribution < 1.29 is 29.3 Å². The lowest BCUT2D eigenvalue weighted by Crippen LogP contribution is -2.58. The standard InChI is InChI=1S/C34H36N2O6/c37-31(23-41-27-17-9-3-10-18-27)35-29(21-25-13-5-1-6-14-25)33(39)34(40)30(22-26-15-7-2-8-16-26)36-32(38)24-42-28-19-11-4-12-20-28/h1-20,29-30,33-34,39-40H,21-24H2,(H,35,37)(H,36,38)/t29-,30-,33-,34-/m0/s1. The van der Waals surface area contributed by atoms with Gasteiger partial charge in [0.05, 0.1) is 12.1 Å². The zero-order valence-electron chi connectivity index (χ0n) is 23.2. The van der Waals surface area contributed by atoms with Crippen molar-refractivity contribution in [3.8, 4) is 11.5 Å². The molecule has 4 rings (SSSR count). The molecule has 0 heterocycles. The van der Waals surface area contributed by atoms with Crippen molar-refractivity contribution in [2.45, 2.75) is 37.1 Å². The Kier molecular flexibility index (Phi) is 11.5. The van der Waals surface area contributed by atoms with Crippen molar-refractivity contribution in [1.82, 2.24) is 10.6 Å². The van der Waals surface area contributed by atoms with Crippen molar-refractivity contribution in [3.63, 3.8) is 0 Å². The molecule has 0 aromatic heterocycles. The maximum atomic E-state index is 12.9. The first kappa shape index (κ1) is 30.3. The summed E-state index contributed by atoms with van der Waals surface area (Å²) < 4.78 is 11.1. The van der Waals surface area contributed by atoms with E-state index in [0.29, 0.717) is 11.5 Å². The third-order valence-electron chi connectivity index (χ3n) is 6.69. The molecular formula is C34H36N2O6. The summed E-state index contributed by atoms with van der Waals surface area (Å²) in [5.74, 6) is 0.171. The van der Waals surface area contributed by atoms with E-state index in [2.05, 4.69) is 10.6 Å². The molecule has 42 heavy (non-hydrogen) atoms. The van der Waals surface area contributed by atoms with Crippen molar-refractivity contribution in [1.29, 1.82) is 0 Å². The highest BCUT2D eigenvalue weighted by Gasteiger charge is 2.34. The predicted octanol–water partition coefficient (Wildman–Crippen LogP) is 3.32. The highest BCUT2D eigenvalue weighted by Crippen LogP contribution is 2.16. The van der Waals surface area contributed by atoms with Gasteiger partial charge in [0, 0.05) is 0 Å². The van der Waals surface area contributed by atoms with E-state index in [-0.39, 0.29) is 26.1 Å². The molecule has 8 heteroatoms. The van der Waals surface area contributed by atoms with Gasteiger partial charge in [-0.3, -0.25) is 9.59 Å². The zero-order chi connectivity index (χ0) is 29.6. The molecule has 2 amide bonds. The fourth-order valence-corrected chi connectivity index (χ4v) is 4.55. The summed E-state index contributed by atoms with van der Waals surface area (Å²) in [4.78, 5) is 25.8. The number of hydrogen-bond donors (Lipinski definition) is 4. The molecule has 8 nitrogen and oxygen atoms in total. The van der Waals surface area contributed by atoms with Crippen LogP contribution in [-0.2, 0) is 22.4 Å². The predicted molar refractivity (Wildman–Crippen MR) is 160 cm³/mol. The molecule has 0 saturated heterocycles.